The topological polar surface area (TPSA) is 85.7 Å². The van der Waals surface area contributed by atoms with Crippen LogP contribution < -0.4 is 10.6 Å². The molecule has 0 unspecified atom stereocenters. The lowest BCUT2D eigenvalue weighted by molar-refractivity contribution is 0.0741. The SMILES string of the molecule is CC(C)CCN(CCC(C)C)C(=O)c1ccc2nc(NCCN3CCNC3=O)n(CCCN3CCCC3)c2c1. The molecule has 0 aliphatic carbocycles. The molecule has 2 aliphatic heterocycles. The number of hydrogen-bond acceptors (Lipinski definition) is 5. The molecule has 9 nitrogen and oxygen atoms in total. The van der Waals surface area contributed by atoms with Crippen molar-refractivity contribution < 1.29 is 9.59 Å². The number of nitrogens with zero attached hydrogens (tertiary/aromatic N) is 5. The smallest absolute Gasteiger partial charge is 0.317 e. The minimum atomic E-state index is -0.00134. The van der Waals surface area contributed by atoms with Crippen LogP contribution in [0.2, 0.25) is 0 Å². The van der Waals surface area contributed by atoms with E-state index in [9.17, 15) is 9.59 Å². The zero-order valence-corrected chi connectivity index (χ0v) is 24.5. The molecular weight excluding hydrogens is 490 g/mol. The Morgan fingerprint density at radius 2 is 1.74 bits per heavy atom. The first-order valence-corrected chi connectivity index (χ1v) is 15.1. The predicted octanol–water partition coefficient (Wildman–Crippen LogP) is 4.49. The third-order valence-corrected chi connectivity index (χ3v) is 7.90. The number of amides is 3. The Kier molecular flexibility index (Phi) is 10.5. The van der Waals surface area contributed by atoms with Gasteiger partial charge in [-0.25, -0.2) is 9.78 Å². The quantitative estimate of drug-likeness (QED) is 0.348. The van der Waals surface area contributed by atoms with Crippen molar-refractivity contribution >= 4 is 28.9 Å². The monoisotopic (exact) mass is 539 g/mol. The van der Waals surface area contributed by atoms with Gasteiger partial charge in [0.05, 0.1) is 11.0 Å². The van der Waals surface area contributed by atoms with Gasteiger partial charge < -0.3 is 29.9 Å². The summed E-state index contributed by atoms with van der Waals surface area (Å²) in [6.45, 7) is 17.4. The summed E-state index contributed by atoms with van der Waals surface area (Å²) < 4.78 is 2.23. The van der Waals surface area contributed by atoms with Crippen LogP contribution in [0.1, 0.15) is 70.2 Å². The van der Waals surface area contributed by atoms with Crippen LogP contribution >= 0.6 is 0 Å². The van der Waals surface area contributed by atoms with Gasteiger partial charge in [-0.15, -0.1) is 0 Å². The highest BCUT2D eigenvalue weighted by Gasteiger charge is 2.21. The van der Waals surface area contributed by atoms with Crippen molar-refractivity contribution in [1.82, 2.24) is 29.6 Å². The summed E-state index contributed by atoms with van der Waals surface area (Å²) >= 11 is 0. The number of anilines is 1. The summed E-state index contributed by atoms with van der Waals surface area (Å²) in [5, 5.41) is 6.35. The normalized spacial score (nSPS) is 16.2. The lowest BCUT2D eigenvalue weighted by Crippen LogP contribution is -2.34. The molecule has 2 aromatic rings. The number of hydrogen-bond donors (Lipinski definition) is 2. The van der Waals surface area contributed by atoms with Crippen molar-refractivity contribution in [2.75, 3.05) is 64.2 Å². The average Bonchev–Trinajstić information content (AvgIpc) is 3.64. The highest BCUT2D eigenvalue weighted by molar-refractivity contribution is 5.97. The molecule has 3 amide bonds. The van der Waals surface area contributed by atoms with Gasteiger partial charge in [0.1, 0.15) is 0 Å². The van der Waals surface area contributed by atoms with E-state index in [1.54, 1.807) is 0 Å². The molecule has 2 fully saturated rings. The largest absolute Gasteiger partial charge is 0.354 e. The van der Waals surface area contributed by atoms with E-state index >= 15 is 0 Å². The molecule has 1 aromatic carbocycles. The van der Waals surface area contributed by atoms with Crippen molar-refractivity contribution in [3.8, 4) is 0 Å². The molecule has 4 rings (SSSR count). The van der Waals surface area contributed by atoms with E-state index < -0.39 is 0 Å². The molecular formula is C30H49N7O2. The van der Waals surface area contributed by atoms with Gasteiger partial charge in [-0.2, -0.15) is 0 Å². The first kappa shape index (κ1) is 29.2. The van der Waals surface area contributed by atoms with Gasteiger partial charge in [0.15, 0.2) is 0 Å². The number of urea groups is 1. The second-order valence-corrected chi connectivity index (χ2v) is 12.0. The van der Waals surface area contributed by atoms with E-state index in [4.69, 9.17) is 4.98 Å². The molecule has 2 aliphatic rings. The van der Waals surface area contributed by atoms with Gasteiger partial charge in [0.2, 0.25) is 5.95 Å². The maximum Gasteiger partial charge on any atom is 0.317 e. The van der Waals surface area contributed by atoms with E-state index in [-0.39, 0.29) is 11.9 Å². The van der Waals surface area contributed by atoms with Crippen LogP contribution in [-0.2, 0) is 6.54 Å². The Balaban J connectivity index is 1.53. The number of carbonyl (C=O) groups excluding carboxylic acids is 2. The molecule has 39 heavy (non-hydrogen) atoms. The Labute approximate surface area is 234 Å². The molecule has 0 spiro atoms. The highest BCUT2D eigenvalue weighted by atomic mass is 16.2. The maximum absolute atomic E-state index is 13.7. The third kappa shape index (κ3) is 8.10. The second-order valence-electron chi connectivity index (χ2n) is 12.0. The summed E-state index contributed by atoms with van der Waals surface area (Å²) in [6, 6.07) is 5.96. The predicted molar refractivity (Wildman–Crippen MR) is 158 cm³/mol. The van der Waals surface area contributed by atoms with Gasteiger partial charge in [0.25, 0.3) is 5.91 Å². The van der Waals surface area contributed by atoms with Crippen LogP contribution in [0.25, 0.3) is 11.0 Å². The molecule has 0 radical (unpaired) electrons. The molecule has 3 heterocycles. The summed E-state index contributed by atoms with van der Waals surface area (Å²) in [6.07, 6.45) is 5.62. The minimum Gasteiger partial charge on any atom is -0.354 e. The van der Waals surface area contributed by atoms with Crippen molar-refractivity contribution in [2.24, 2.45) is 11.8 Å². The zero-order valence-electron chi connectivity index (χ0n) is 24.5. The molecule has 216 valence electrons. The van der Waals surface area contributed by atoms with Crippen molar-refractivity contribution in [1.29, 1.82) is 0 Å². The average molecular weight is 540 g/mol. The van der Waals surface area contributed by atoms with Gasteiger partial charge in [-0.05, 0) is 81.8 Å². The molecule has 9 heteroatoms. The van der Waals surface area contributed by atoms with Crippen molar-refractivity contribution in [3.05, 3.63) is 23.8 Å². The maximum atomic E-state index is 13.7. The van der Waals surface area contributed by atoms with Crippen molar-refractivity contribution in [3.63, 3.8) is 0 Å². The third-order valence-electron chi connectivity index (χ3n) is 7.90. The van der Waals surface area contributed by atoms with E-state index in [0.29, 0.717) is 31.5 Å². The summed E-state index contributed by atoms with van der Waals surface area (Å²) in [4.78, 5) is 36.9. The fourth-order valence-corrected chi connectivity index (χ4v) is 5.43. The number of carbonyl (C=O) groups is 2. The first-order valence-electron chi connectivity index (χ1n) is 15.1. The number of fused-ring (bicyclic) bond motifs is 1. The lowest BCUT2D eigenvalue weighted by Gasteiger charge is -2.25. The van der Waals surface area contributed by atoms with Gasteiger partial charge in [-0.1, -0.05) is 27.7 Å². The number of aryl methyl sites for hydroxylation is 1. The highest BCUT2D eigenvalue weighted by Crippen LogP contribution is 2.23. The Bertz CT molecular complexity index is 1080. The number of benzene rings is 1. The summed E-state index contributed by atoms with van der Waals surface area (Å²) in [5.74, 6) is 2.03. The molecule has 2 saturated heterocycles. The van der Waals surface area contributed by atoms with E-state index in [2.05, 4.69) is 47.8 Å². The molecule has 0 atom stereocenters. The molecule has 1 aromatic heterocycles. The van der Waals surface area contributed by atoms with Gasteiger partial charge in [0, 0.05) is 51.4 Å². The van der Waals surface area contributed by atoms with Crippen LogP contribution in [0.5, 0.6) is 0 Å². The molecule has 0 saturated carbocycles. The Morgan fingerprint density at radius 1 is 1.03 bits per heavy atom. The lowest BCUT2D eigenvalue weighted by atomic mass is 10.1. The number of imidazole rings is 1. The number of nitrogens with one attached hydrogen (secondary N) is 2. The zero-order chi connectivity index (χ0) is 27.8. The Morgan fingerprint density at radius 3 is 2.38 bits per heavy atom. The van der Waals surface area contributed by atoms with Crippen LogP contribution in [0.3, 0.4) is 0 Å². The fraction of sp³-hybridized carbons (Fsp3) is 0.700. The summed E-state index contributed by atoms with van der Waals surface area (Å²) in [7, 11) is 0. The van der Waals surface area contributed by atoms with Crippen molar-refractivity contribution in [2.45, 2.75) is 66.3 Å². The second kappa shape index (κ2) is 14.0. The fourth-order valence-electron chi connectivity index (χ4n) is 5.43. The van der Waals surface area contributed by atoms with E-state index in [0.717, 1.165) is 74.5 Å². The molecule has 2 N–H and O–H groups in total. The van der Waals surface area contributed by atoms with Crippen LogP contribution in [-0.4, -0.2) is 95.1 Å². The minimum absolute atomic E-state index is 0.00134. The van der Waals surface area contributed by atoms with E-state index in [1.165, 1.54) is 25.9 Å². The summed E-state index contributed by atoms with van der Waals surface area (Å²) in [5.41, 5.74) is 2.62. The number of rotatable bonds is 15. The molecule has 0 bridgehead atoms. The van der Waals surface area contributed by atoms with Crippen LogP contribution in [0.4, 0.5) is 10.7 Å². The van der Waals surface area contributed by atoms with Crippen LogP contribution in [0, 0.1) is 11.8 Å². The standard InChI is InChI=1S/C30H49N7O2/c1-23(2)10-18-35(19-11-24(3)4)28(38)25-8-9-26-27(22-25)37(17-7-16-34-14-5-6-15-34)29(33-26)31-12-20-36-21-13-32-30(36)39/h8-9,22-24H,5-7,10-21H2,1-4H3,(H,31,33)(H,32,39). The number of likely N-dealkylation sites (tertiary alicyclic amines) is 1. The van der Waals surface area contributed by atoms with Gasteiger partial charge in [-0.3, -0.25) is 4.79 Å². The van der Waals surface area contributed by atoms with Crippen LogP contribution in [0.15, 0.2) is 18.2 Å². The Hall–Kier alpha value is -2.81. The first-order chi connectivity index (χ1) is 18.8. The number of aromatic nitrogens is 2. The van der Waals surface area contributed by atoms with Gasteiger partial charge >= 0.3 is 6.03 Å². The van der Waals surface area contributed by atoms with E-state index in [1.807, 2.05) is 28.0 Å².